The van der Waals surface area contributed by atoms with Crippen LogP contribution in [-0.2, 0) is 9.53 Å². The van der Waals surface area contributed by atoms with Gasteiger partial charge in [0.2, 0.25) is 0 Å². The molecule has 0 spiro atoms. The molecule has 112 valence electrons. The smallest absolute Gasteiger partial charge is 0.323 e. The second-order valence-electron chi connectivity index (χ2n) is 6.48. The summed E-state index contributed by atoms with van der Waals surface area (Å²) in [5.41, 5.74) is -0.862. The summed E-state index contributed by atoms with van der Waals surface area (Å²) in [5.74, 6) is -0.0863. The molecule has 0 amide bonds. The molecular formula is C15H29NO3. The first-order valence-electron chi connectivity index (χ1n) is 7.46. The number of ether oxygens (including phenoxy) is 1. The number of hydrogen-bond donors (Lipinski definition) is 2. The number of aliphatic carboxylic acids is 1. The monoisotopic (exact) mass is 271 g/mol. The van der Waals surface area contributed by atoms with Gasteiger partial charge < -0.3 is 9.84 Å². The number of carboxylic acid groups (broad SMARTS) is 1. The van der Waals surface area contributed by atoms with E-state index in [4.69, 9.17) is 4.74 Å². The van der Waals surface area contributed by atoms with Gasteiger partial charge in [0.15, 0.2) is 0 Å². The molecule has 2 atom stereocenters. The lowest BCUT2D eigenvalue weighted by Gasteiger charge is -2.29. The first-order chi connectivity index (χ1) is 8.83. The summed E-state index contributed by atoms with van der Waals surface area (Å²) in [5, 5.41) is 12.6. The van der Waals surface area contributed by atoms with E-state index in [0.717, 1.165) is 32.3 Å². The third-order valence-corrected chi connectivity index (χ3v) is 3.60. The molecule has 0 bridgehead atoms. The lowest BCUT2D eigenvalue weighted by atomic mass is 9.94. The Bertz CT molecular complexity index is 289. The van der Waals surface area contributed by atoms with Crippen LogP contribution in [0.3, 0.4) is 0 Å². The van der Waals surface area contributed by atoms with Crippen LogP contribution < -0.4 is 5.32 Å². The fraction of sp³-hybridized carbons (Fsp3) is 0.933. The molecule has 1 fully saturated rings. The van der Waals surface area contributed by atoms with Crippen LogP contribution in [0.1, 0.15) is 59.8 Å². The van der Waals surface area contributed by atoms with Crippen LogP contribution in [0.25, 0.3) is 0 Å². The Kier molecular flexibility index (Phi) is 6.27. The van der Waals surface area contributed by atoms with E-state index in [1.54, 1.807) is 6.92 Å². The van der Waals surface area contributed by atoms with Crippen LogP contribution in [0.2, 0.25) is 0 Å². The van der Waals surface area contributed by atoms with E-state index >= 15 is 0 Å². The summed E-state index contributed by atoms with van der Waals surface area (Å²) in [7, 11) is 0. The van der Waals surface area contributed by atoms with Crippen molar-refractivity contribution < 1.29 is 14.6 Å². The van der Waals surface area contributed by atoms with Crippen LogP contribution in [0.5, 0.6) is 0 Å². The molecule has 0 heterocycles. The van der Waals surface area contributed by atoms with Gasteiger partial charge in [-0.2, -0.15) is 0 Å². The summed E-state index contributed by atoms with van der Waals surface area (Å²) in [6.07, 6.45) is 4.87. The van der Waals surface area contributed by atoms with E-state index < -0.39 is 11.5 Å². The molecule has 1 saturated carbocycles. The van der Waals surface area contributed by atoms with Gasteiger partial charge in [0.05, 0.1) is 6.10 Å². The Hall–Kier alpha value is -0.610. The zero-order valence-electron chi connectivity index (χ0n) is 12.7. The number of hydrogen-bond acceptors (Lipinski definition) is 3. The van der Waals surface area contributed by atoms with Gasteiger partial charge in [-0.1, -0.05) is 13.8 Å². The van der Waals surface area contributed by atoms with Crippen molar-refractivity contribution in [3.05, 3.63) is 0 Å². The van der Waals surface area contributed by atoms with Gasteiger partial charge in [-0.05, 0) is 45.4 Å². The normalized spacial score (nSPS) is 20.3. The number of carboxylic acids is 1. The minimum Gasteiger partial charge on any atom is -0.480 e. The SMILES string of the molecule is CC(C)CCCOC(C)CC(C)(NC1CC1)C(=O)O. The molecule has 1 rings (SSSR count). The van der Waals surface area contributed by atoms with Crippen molar-refractivity contribution in [2.45, 2.75) is 77.5 Å². The second kappa shape index (κ2) is 7.25. The first-order valence-corrected chi connectivity index (χ1v) is 7.46. The lowest BCUT2D eigenvalue weighted by Crippen LogP contribution is -2.52. The maximum atomic E-state index is 11.4. The van der Waals surface area contributed by atoms with Crippen LogP contribution in [0, 0.1) is 5.92 Å². The largest absolute Gasteiger partial charge is 0.480 e. The Morgan fingerprint density at radius 2 is 2.05 bits per heavy atom. The fourth-order valence-electron chi connectivity index (χ4n) is 2.30. The van der Waals surface area contributed by atoms with Gasteiger partial charge in [-0.25, -0.2) is 0 Å². The summed E-state index contributed by atoms with van der Waals surface area (Å²) < 4.78 is 5.74. The zero-order valence-corrected chi connectivity index (χ0v) is 12.7. The second-order valence-corrected chi connectivity index (χ2v) is 6.48. The van der Waals surface area contributed by atoms with E-state index in [0.29, 0.717) is 18.4 Å². The fourth-order valence-corrected chi connectivity index (χ4v) is 2.30. The van der Waals surface area contributed by atoms with Gasteiger partial charge in [0.1, 0.15) is 5.54 Å². The molecule has 0 aromatic rings. The Labute approximate surface area is 116 Å². The molecule has 1 aliphatic carbocycles. The predicted octanol–water partition coefficient (Wildman–Crippen LogP) is 2.81. The van der Waals surface area contributed by atoms with Gasteiger partial charge in [0.25, 0.3) is 0 Å². The Balaban J connectivity index is 2.30. The summed E-state index contributed by atoms with van der Waals surface area (Å²) in [6, 6.07) is 0.384. The number of nitrogens with one attached hydrogen (secondary N) is 1. The Morgan fingerprint density at radius 1 is 1.42 bits per heavy atom. The highest BCUT2D eigenvalue weighted by Gasteiger charge is 2.39. The molecule has 2 unspecified atom stereocenters. The van der Waals surface area contributed by atoms with Crippen LogP contribution in [-0.4, -0.2) is 35.4 Å². The third-order valence-electron chi connectivity index (χ3n) is 3.60. The number of carbonyl (C=O) groups is 1. The summed E-state index contributed by atoms with van der Waals surface area (Å²) in [6.45, 7) is 8.85. The predicted molar refractivity (Wildman–Crippen MR) is 76.3 cm³/mol. The van der Waals surface area contributed by atoms with E-state index in [2.05, 4.69) is 19.2 Å². The molecule has 0 aromatic heterocycles. The third kappa shape index (κ3) is 6.39. The molecule has 4 heteroatoms. The minimum absolute atomic E-state index is 0.0282. The van der Waals surface area contributed by atoms with E-state index in [1.165, 1.54) is 0 Å². The average Bonchev–Trinajstić information content (AvgIpc) is 3.07. The molecular weight excluding hydrogens is 242 g/mol. The highest BCUT2D eigenvalue weighted by molar-refractivity contribution is 5.78. The van der Waals surface area contributed by atoms with Crippen molar-refractivity contribution in [3.8, 4) is 0 Å². The average molecular weight is 271 g/mol. The highest BCUT2D eigenvalue weighted by Crippen LogP contribution is 2.25. The summed E-state index contributed by atoms with van der Waals surface area (Å²) >= 11 is 0. The van der Waals surface area contributed by atoms with Gasteiger partial charge in [-0.3, -0.25) is 10.1 Å². The van der Waals surface area contributed by atoms with Gasteiger partial charge >= 0.3 is 5.97 Å². The van der Waals surface area contributed by atoms with Crippen LogP contribution >= 0.6 is 0 Å². The van der Waals surface area contributed by atoms with E-state index in [9.17, 15) is 9.90 Å². The van der Waals surface area contributed by atoms with Crippen molar-refractivity contribution in [2.24, 2.45) is 5.92 Å². The standard InChI is InChI=1S/C15H29NO3/c1-11(2)6-5-9-19-12(3)10-15(4,14(17)18)16-13-7-8-13/h11-13,16H,5-10H2,1-4H3,(H,17,18). The molecule has 2 N–H and O–H groups in total. The molecule has 0 saturated heterocycles. The van der Waals surface area contributed by atoms with Crippen molar-refractivity contribution >= 4 is 5.97 Å². The topological polar surface area (TPSA) is 58.6 Å². The number of rotatable bonds is 10. The first kappa shape index (κ1) is 16.4. The van der Waals surface area contributed by atoms with Gasteiger partial charge in [0, 0.05) is 19.1 Å². The quantitative estimate of drug-likeness (QED) is 0.600. The summed E-state index contributed by atoms with van der Waals surface area (Å²) in [4.78, 5) is 11.4. The maximum Gasteiger partial charge on any atom is 0.323 e. The van der Waals surface area contributed by atoms with E-state index in [-0.39, 0.29) is 6.10 Å². The maximum absolute atomic E-state index is 11.4. The molecule has 1 aliphatic rings. The molecule has 0 aromatic carbocycles. The molecule has 0 aliphatic heterocycles. The van der Waals surface area contributed by atoms with Crippen molar-refractivity contribution in [1.82, 2.24) is 5.32 Å². The Morgan fingerprint density at radius 3 is 2.53 bits per heavy atom. The minimum atomic E-state index is -0.862. The van der Waals surface area contributed by atoms with Gasteiger partial charge in [-0.15, -0.1) is 0 Å². The van der Waals surface area contributed by atoms with Crippen LogP contribution in [0.4, 0.5) is 0 Å². The molecule has 19 heavy (non-hydrogen) atoms. The van der Waals surface area contributed by atoms with E-state index in [1.807, 2.05) is 6.92 Å². The zero-order chi connectivity index (χ0) is 14.5. The lowest BCUT2D eigenvalue weighted by molar-refractivity contribution is -0.146. The highest BCUT2D eigenvalue weighted by atomic mass is 16.5. The molecule has 0 radical (unpaired) electrons. The van der Waals surface area contributed by atoms with Crippen molar-refractivity contribution in [3.63, 3.8) is 0 Å². The van der Waals surface area contributed by atoms with Crippen molar-refractivity contribution in [1.29, 1.82) is 0 Å². The molecule has 4 nitrogen and oxygen atoms in total. The van der Waals surface area contributed by atoms with Crippen LogP contribution in [0.15, 0.2) is 0 Å². The van der Waals surface area contributed by atoms with Crippen molar-refractivity contribution in [2.75, 3.05) is 6.61 Å².